The lowest BCUT2D eigenvalue weighted by Gasteiger charge is -2.09. The summed E-state index contributed by atoms with van der Waals surface area (Å²) in [6.45, 7) is 0.200. The van der Waals surface area contributed by atoms with E-state index < -0.39 is 35.8 Å². The van der Waals surface area contributed by atoms with Gasteiger partial charge in [-0.05, 0) is 55.3 Å². The number of carboxylic acids is 4. The van der Waals surface area contributed by atoms with E-state index in [2.05, 4.69) is 0 Å². The highest BCUT2D eigenvalue weighted by Crippen LogP contribution is 2.09. The number of carbonyl (C=O) groups excluding carboxylic acids is 2. The molecule has 0 aliphatic carbocycles. The fourth-order valence-corrected chi connectivity index (χ4v) is 2.52. The largest absolute Gasteiger partial charge is 0.481 e. The van der Waals surface area contributed by atoms with Crippen LogP contribution in [0.2, 0.25) is 0 Å². The Hall–Kier alpha value is -4.74. The molecule has 2 aliphatic rings. The molecular formula is C24H24O12. The Bertz CT molecular complexity index is 1010. The Balaban J connectivity index is 0.000000275. The number of hydrogen-bond donors (Lipinski definition) is 4. The van der Waals surface area contributed by atoms with Gasteiger partial charge in [0, 0.05) is 12.8 Å². The van der Waals surface area contributed by atoms with Crippen molar-refractivity contribution < 1.29 is 58.7 Å². The maximum Gasteiger partial charge on any atom is 0.338 e. The molecule has 2 aromatic carbocycles. The predicted molar refractivity (Wildman–Crippen MR) is 121 cm³/mol. The fraction of sp³-hybridized carbons (Fsp3) is 0.250. The second kappa shape index (κ2) is 15.2. The summed E-state index contributed by atoms with van der Waals surface area (Å²) >= 11 is 0. The summed E-state index contributed by atoms with van der Waals surface area (Å²) in [7, 11) is 0. The Morgan fingerprint density at radius 3 is 1.31 bits per heavy atom. The summed E-state index contributed by atoms with van der Waals surface area (Å²) in [5.74, 6) is -4.78. The molecule has 2 aromatic rings. The standard InChI is InChI=1S/C10H8O4.C8H6O4.C6H10O4/c11-9-7-1-2-8(4-3-7)10(12)14-6-5-13-9;9-7(10)5-2-1-3-6(4-5)8(11)12;7-5(8)3-1-2-4-6(9)10/h1-4H,5-6H2;1-4H,(H,9,10)(H,11,12);1-4H2,(H,7,8)(H,9,10). The van der Waals surface area contributed by atoms with Crippen LogP contribution >= 0.6 is 0 Å². The highest BCUT2D eigenvalue weighted by Gasteiger charge is 2.13. The molecule has 12 heteroatoms. The lowest BCUT2D eigenvalue weighted by molar-refractivity contribution is -0.139. The van der Waals surface area contributed by atoms with Gasteiger partial charge in [0.05, 0.1) is 22.3 Å². The van der Waals surface area contributed by atoms with Gasteiger partial charge in [0.15, 0.2) is 0 Å². The van der Waals surface area contributed by atoms with E-state index in [0.717, 1.165) is 6.07 Å². The normalized spacial score (nSPS) is 11.9. The van der Waals surface area contributed by atoms with Crippen LogP contribution in [0.25, 0.3) is 0 Å². The summed E-state index contributed by atoms with van der Waals surface area (Å²) in [4.78, 5) is 63.1. The van der Waals surface area contributed by atoms with Gasteiger partial charge in [0.1, 0.15) is 13.2 Å². The molecule has 192 valence electrons. The molecule has 2 heterocycles. The van der Waals surface area contributed by atoms with E-state index >= 15 is 0 Å². The van der Waals surface area contributed by atoms with Crippen molar-refractivity contribution in [2.75, 3.05) is 13.2 Å². The molecule has 0 saturated carbocycles. The van der Waals surface area contributed by atoms with Crippen LogP contribution in [-0.2, 0) is 19.1 Å². The highest BCUT2D eigenvalue weighted by atomic mass is 16.6. The molecule has 0 saturated heterocycles. The van der Waals surface area contributed by atoms with E-state index in [9.17, 15) is 28.8 Å². The lowest BCUT2D eigenvalue weighted by Crippen LogP contribution is -2.16. The Morgan fingerprint density at radius 2 is 1.00 bits per heavy atom. The zero-order valence-corrected chi connectivity index (χ0v) is 18.9. The third kappa shape index (κ3) is 11.4. The number of esters is 2. The van der Waals surface area contributed by atoms with Gasteiger partial charge in [-0.25, -0.2) is 19.2 Å². The molecule has 36 heavy (non-hydrogen) atoms. The van der Waals surface area contributed by atoms with Crippen molar-refractivity contribution in [3.63, 3.8) is 0 Å². The van der Waals surface area contributed by atoms with E-state index in [1.54, 1.807) is 24.3 Å². The minimum atomic E-state index is -1.13. The quantitative estimate of drug-likeness (QED) is 0.318. The molecule has 4 rings (SSSR count). The molecule has 0 unspecified atom stereocenters. The molecule has 0 amide bonds. The molecule has 0 spiro atoms. The Labute approximate surface area is 204 Å². The molecule has 4 N–H and O–H groups in total. The van der Waals surface area contributed by atoms with E-state index in [1.165, 1.54) is 18.2 Å². The van der Waals surface area contributed by atoms with E-state index in [0.29, 0.717) is 24.0 Å². The summed E-state index contributed by atoms with van der Waals surface area (Å²) in [6.07, 6.45) is 1.02. The van der Waals surface area contributed by atoms with Crippen LogP contribution in [0.3, 0.4) is 0 Å². The number of benzene rings is 2. The van der Waals surface area contributed by atoms with Gasteiger partial charge in [0.2, 0.25) is 0 Å². The molecular weight excluding hydrogens is 480 g/mol. The first-order valence-corrected chi connectivity index (χ1v) is 10.5. The molecule has 0 atom stereocenters. The molecule has 12 nitrogen and oxygen atoms in total. The van der Waals surface area contributed by atoms with Gasteiger partial charge in [-0.1, -0.05) is 6.07 Å². The zero-order chi connectivity index (χ0) is 27.1. The average Bonchev–Trinajstić information content (AvgIpc) is 2.85. The van der Waals surface area contributed by atoms with E-state index in [1.807, 2.05) is 0 Å². The number of carbonyl (C=O) groups is 6. The van der Waals surface area contributed by atoms with E-state index in [4.69, 9.17) is 29.9 Å². The van der Waals surface area contributed by atoms with Crippen molar-refractivity contribution in [1.82, 2.24) is 0 Å². The summed E-state index contributed by atoms with van der Waals surface area (Å²) < 4.78 is 9.66. The predicted octanol–water partition coefficient (Wildman–Crippen LogP) is 2.81. The van der Waals surface area contributed by atoms with Gasteiger partial charge >= 0.3 is 35.8 Å². The van der Waals surface area contributed by atoms with Crippen LogP contribution in [0.15, 0.2) is 48.5 Å². The minimum Gasteiger partial charge on any atom is -0.481 e. The Morgan fingerprint density at radius 1 is 0.639 bits per heavy atom. The number of hydrogen-bond acceptors (Lipinski definition) is 8. The van der Waals surface area contributed by atoms with Crippen LogP contribution in [-0.4, -0.2) is 69.5 Å². The van der Waals surface area contributed by atoms with Crippen molar-refractivity contribution in [2.45, 2.75) is 25.7 Å². The lowest BCUT2D eigenvalue weighted by atomic mass is 10.1. The molecule has 0 radical (unpaired) electrons. The minimum absolute atomic E-state index is 0.0186. The van der Waals surface area contributed by atoms with Gasteiger partial charge in [-0.3, -0.25) is 9.59 Å². The second-order valence-electron chi connectivity index (χ2n) is 7.03. The smallest absolute Gasteiger partial charge is 0.338 e. The van der Waals surface area contributed by atoms with Crippen molar-refractivity contribution in [3.8, 4) is 0 Å². The summed E-state index contributed by atoms with van der Waals surface area (Å²) in [5.41, 5.74) is 0.858. The third-order valence-electron chi connectivity index (χ3n) is 4.29. The topological polar surface area (TPSA) is 202 Å². The number of aromatic carboxylic acids is 2. The van der Waals surface area contributed by atoms with Crippen LogP contribution < -0.4 is 0 Å². The number of fused-ring (bicyclic) bond motifs is 7. The highest BCUT2D eigenvalue weighted by molar-refractivity contribution is 5.94. The number of carboxylic acid groups (broad SMARTS) is 4. The molecule has 2 bridgehead atoms. The van der Waals surface area contributed by atoms with Gasteiger partial charge in [0.25, 0.3) is 0 Å². The molecule has 0 aromatic heterocycles. The van der Waals surface area contributed by atoms with Crippen LogP contribution in [0, 0.1) is 0 Å². The fourth-order valence-electron chi connectivity index (χ4n) is 2.52. The van der Waals surface area contributed by atoms with Crippen molar-refractivity contribution in [2.24, 2.45) is 0 Å². The maximum atomic E-state index is 11.3. The molecule has 2 aliphatic heterocycles. The number of aliphatic carboxylic acids is 2. The maximum absolute atomic E-state index is 11.3. The first kappa shape index (κ1) is 29.3. The number of rotatable bonds is 7. The second-order valence-corrected chi connectivity index (χ2v) is 7.03. The van der Waals surface area contributed by atoms with Crippen LogP contribution in [0.1, 0.15) is 67.1 Å². The van der Waals surface area contributed by atoms with Gasteiger partial charge in [-0.2, -0.15) is 0 Å². The molecule has 0 fully saturated rings. The van der Waals surface area contributed by atoms with Gasteiger partial charge in [-0.15, -0.1) is 0 Å². The van der Waals surface area contributed by atoms with Crippen molar-refractivity contribution in [3.05, 3.63) is 70.8 Å². The summed E-state index contributed by atoms with van der Waals surface area (Å²) in [5, 5.41) is 33.3. The van der Waals surface area contributed by atoms with Crippen molar-refractivity contribution >= 4 is 35.8 Å². The number of unbranched alkanes of at least 4 members (excludes halogenated alkanes) is 1. The average molecular weight is 504 g/mol. The van der Waals surface area contributed by atoms with Gasteiger partial charge < -0.3 is 29.9 Å². The monoisotopic (exact) mass is 504 g/mol. The summed E-state index contributed by atoms with van der Waals surface area (Å²) in [6, 6.07) is 11.4. The van der Waals surface area contributed by atoms with E-state index in [-0.39, 0.29) is 37.2 Å². The zero-order valence-electron chi connectivity index (χ0n) is 18.9. The first-order valence-electron chi connectivity index (χ1n) is 10.5. The van der Waals surface area contributed by atoms with Crippen molar-refractivity contribution in [1.29, 1.82) is 0 Å². The SMILES string of the molecule is O=C(O)CCCCC(=O)O.O=C(O)c1cccc(C(=O)O)c1.O=C1OCCOC(=O)c2ccc1cc2. The first-order chi connectivity index (χ1) is 17.0. The third-order valence-corrected chi connectivity index (χ3v) is 4.29. The van der Waals surface area contributed by atoms with Crippen LogP contribution in [0.4, 0.5) is 0 Å². The van der Waals surface area contributed by atoms with Crippen LogP contribution in [0.5, 0.6) is 0 Å². The number of ether oxygens (including phenoxy) is 2. The Kier molecular flexibility index (Phi) is 12.4.